The number of hydrogen-bond donors (Lipinski definition) is 0. The second-order valence-electron chi connectivity index (χ2n) is 5.47. The second-order valence-corrected chi connectivity index (χ2v) is 7.14. The maximum absolute atomic E-state index is 12.5. The van der Waals surface area contributed by atoms with Crippen LogP contribution in [0.25, 0.3) is 6.08 Å². The van der Waals surface area contributed by atoms with Gasteiger partial charge in [0, 0.05) is 0 Å². The van der Waals surface area contributed by atoms with Crippen molar-refractivity contribution in [1.29, 1.82) is 0 Å². The fraction of sp³-hybridized carbons (Fsp3) is 0.389. The number of esters is 1. The highest BCUT2D eigenvalue weighted by Gasteiger charge is 2.33. The van der Waals surface area contributed by atoms with Crippen molar-refractivity contribution in [2.75, 3.05) is 20.3 Å². The first-order chi connectivity index (χ1) is 12.0. The Morgan fingerprint density at radius 1 is 1.28 bits per heavy atom. The lowest BCUT2D eigenvalue weighted by Crippen LogP contribution is -2.34. The highest BCUT2D eigenvalue weighted by molar-refractivity contribution is 8.26. The lowest BCUT2D eigenvalue weighted by atomic mass is 10.2. The molecule has 0 unspecified atom stereocenters. The Kier molecular flexibility index (Phi) is 7.46. The van der Waals surface area contributed by atoms with E-state index in [-0.39, 0.29) is 12.5 Å². The van der Waals surface area contributed by atoms with Crippen LogP contribution in [-0.2, 0) is 14.3 Å². The molecule has 0 N–H and O–H groups in total. The topological polar surface area (TPSA) is 55.8 Å². The molecule has 0 saturated carbocycles. The molecule has 1 amide bonds. The smallest absolute Gasteiger partial charge is 0.326 e. The lowest BCUT2D eigenvalue weighted by molar-refractivity contribution is -0.146. The number of thioether (sulfide) groups is 1. The Morgan fingerprint density at radius 2 is 2.00 bits per heavy atom. The largest absolute Gasteiger partial charge is 0.497 e. The quantitative estimate of drug-likeness (QED) is 0.298. The number of unbranched alkanes of at least 4 members (excludes halogenated alkanes) is 2. The summed E-state index contributed by atoms with van der Waals surface area (Å²) in [6.45, 7) is 2.32. The Labute approximate surface area is 157 Å². The van der Waals surface area contributed by atoms with Crippen molar-refractivity contribution in [2.45, 2.75) is 26.2 Å². The zero-order valence-electron chi connectivity index (χ0n) is 14.3. The van der Waals surface area contributed by atoms with Crippen molar-refractivity contribution in [2.24, 2.45) is 0 Å². The van der Waals surface area contributed by atoms with Crippen molar-refractivity contribution >= 4 is 46.3 Å². The first-order valence-corrected chi connectivity index (χ1v) is 9.32. The van der Waals surface area contributed by atoms with Gasteiger partial charge in [-0.05, 0) is 30.2 Å². The van der Waals surface area contributed by atoms with E-state index in [2.05, 4.69) is 6.92 Å². The van der Waals surface area contributed by atoms with E-state index in [0.29, 0.717) is 15.8 Å². The zero-order chi connectivity index (χ0) is 18.2. The van der Waals surface area contributed by atoms with E-state index in [1.807, 2.05) is 24.3 Å². The average Bonchev–Trinajstić information content (AvgIpc) is 2.87. The standard InChI is InChI=1S/C18H21NO4S2/c1-3-4-5-10-23-16(20)12-19-17(21)15(25-18(19)24)11-13-6-8-14(22-2)9-7-13/h6-9,11H,3-5,10,12H2,1-2H3/b15-11+. The fourth-order valence-corrected chi connectivity index (χ4v) is 3.46. The highest BCUT2D eigenvalue weighted by Crippen LogP contribution is 2.32. The van der Waals surface area contributed by atoms with Crippen LogP contribution in [0.4, 0.5) is 0 Å². The predicted molar refractivity (Wildman–Crippen MR) is 103 cm³/mol. The van der Waals surface area contributed by atoms with E-state index in [9.17, 15) is 9.59 Å². The van der Waals surface area contributed by atoms with Gasteiger partial charge in [0.1, 0.15) is 16.6 Å². The van der Waals surface area contributed by atoms with Crippen molar-refractivity contribution in [3.8, 4) is 5.75 Å². The Hall–Kier alpha value is -1.86. The molecule has 1 aliphatic heterocycles. The van der Waals surface area contributed by atoms with E-state index in [1.54, 1.807) is 13.2 Å². The molecular formula is C18H21NO4S2. The van der Waals surface area contributed by atoms with E-state index in [0.717, 1.165) is 30.6 Å². The SMILES string of the molecule is CCCCCOC(=O)CN1C(=O)/C(=C\c2ccc(OC)cc2)SC1=S. The first kappa shape index (κ1) is 19.5. The zero-order valence-corrected chi connectivity index (χ0v) is 16.0. The van der Waals surface area contributed by atoms with Gasteiger partial charge in [0.05, 0.1) is 18.6 Å². The minimum atomic E-state index is -0.432. The number of rotatable bonds is 8. The van der Waals surface area contributed by atoms with Gasteiger partial charge in [0.2, 0.25) is 0 Å². The number of benzene rings is 1. The van der Waals surface area contributed by atoms with Gasteiger partial charge < -0.3 is 9.47 Å². The molecule has 0 atom stereocenters. The third-order valence-electron chi connectivity index (χ3n) is 3.59. The molecule has 1 aromatic rings. The third kappa shape index (κ3) is 5.57. The predicted octanol–water partition coefficient (Wildman–Crippen LogP) is 3.63. The van der Waals surface area contributed by atoms with Crippen LogP contribution in [-0.4, -0.2) is 41.4 Å². The summed E-state index contributed by atoms with van der Waals surface area (Å²) in [6, 6.07) is 7.35. The normalized spacial score (nSPS) is 15.8. The molecule has 0 radical (unpaired) electrons. The van der Waals surface area contributed by atoms with Crippen LogP contribution < -0.4 is 4.74 Å². The molecule has 0 aromatic heterocycles. The molecule has 7 heteroatoms. The summed E-state index contributed by atoms with van der Waals surface area (Å²) in [7, 11) is 1.60. The summed E-state index contributed by atoms with van der Waals surface area (Å²) in [6.07, 6.45) is 4.66. The summed E-state index contributed by atoms with van der Waals surface area (Å²) in [4.78, 5) is 26.1. The van der Waals surface area contributed by atoms with Gasteiger partial charge in [0.25, 0.3) is 5.91 Å². The number of ether oxygens (including phenoxy) is 2. The van der Waals surface area contributed by atoms with Gasteiger partial charge in [-0.3, -0.25) is 14.5 Å². The number of methoxy groups -OCH3 is 1. The molecule has 1 fully saturated rings. The molecule has 1 heterocycles. The molecule has 0 bridgehead atoms. The minimum Gasteiger partial charge on any atom is -0.497 e. The molecule has 5 nitrogen and oxygen atoms in total. The van der Waals surface area contributed by atoms with Crippen molar-refractivity contribution < 1.29 is 19.1 Å². The first-order valence-electron chi connectivity index (χ1n) is 8.10. The molecule has 1 aliphatic rings. The van der Waals surface area contributed by atoms with E-state index in [1.165, 1.54) is 16.7 Å². The van der Waals surface area contributed by atoms with Crippen molar-refractivity contribution in [3.05, 3.63) is 34.7 Å². The van der Waals surface area contributed by atoms with Gasteiger partial charge in [0.15, 0.2) is 0 Å². The maximum Gasteiger partial charge on any atom is 0.326 e. The molecular weight excluding hydrogens is 358 g/mol. The van der Waals surface area contributed by atoms with Gasteiger partial charge >= 0.3 is 5.97 Å². The molecule has 134 valence electrons. The number of thiocarbonyl (C=S) groups is 1. The van der Waals surface area contributed by atoms with E-state index in [4.69, 9.17) is 21.7 Å². The van der Waals surface area contributed by atoms with Gasteiger partial charge in [-0.2, -0.15) is 0 Å². The molecule has 0 aliphatic carbocycles. The lowest BCUT2D eigenvalue weighted by Gasteiger charge is -2.13. The average molecular weight is 380 g/mol. The Balaban J connectivity index is 1.96. The van der Waals surface area contributed by atoms with Gasteiger partial charge in [-0.1, -0.05) is 55.9 Å². The molecule has 1 saturated heterocycles. The fourth-order valence-electron chi connectivity index (χ4n) is 2.20. The number of nitrogens with zero attached hydrogens (tertiary/aromatic N) is 1. The number of amides is 1. The maximum atomic E-state index is 12.5. The summed E-state index contributed by atoms with van der Waals surface area (Å²) < 4.78 is 10.6. The van der Waals surface area contributed by atoms with Crippen LogP contribution in [0.1, 0.15) is 31.7 Å². The Bertz CT molecular complexity index is 670. The molecule has 0 spiro atoms. The second kappa shape index (κ2) is 9.58. The van der Waals surface area contributed by atoms with E-state index >= 15 is 0 Å². The van der Waals surface area contributed by atoms with Crippen molar-refractivity contribution in [3.63, 3.8) is 0 Å². The highest BCUT2D eigenvalue weighted by atomic mass is 32.2. The summed E-state index contributed by atoms with van der Waals surface area (Å²) in [5, 5.41) is 0. The Morgan fingerprint density at radius 3 is 2.64 bits per heavy atom. The molecule has 25 heavy (non-hydrogen) atoms. The van der Waals surface area contributed by atoms with Gasteiger partial charge in [-0.25, -0.2) is 0 Å². The molecule has 1 aromatic carbocycles. The minimum absolute atomic E-state index is 0.142. The summed E-state index contributed by atoms with van der Waals surface area (Å²) in [5.74, 6) is 0.0462. The summed E-state index contributed by atoms with van der Waals surface area (Å²) >= 11 is 6.41. The van der Waals surface area contributed by atoms with Crippen LogP contribution in [0, 0.1) is 0 Å². The monoisotopic (exact) mass is 379 g/mol. The van der Waals surface area contributed by atoms with E-state index < -0.39 is 5.97 Å². The van der Waals surface area contributed by atoms with Crippen LogP contribution in [0.15, 0.2) is 29.2 Å². The van der Waals surface area contributed by atoms with Crippen molar-refractivity contribution in [1.82, 2.24) is 4.90 Å². The van der Waals surface area contributed by atoms with Crippen LogP contribution in [0.5, 0.6) is 5.75 Å². The molecule has 2 rings (SSSR count). The number of carbonyl (C=O) groups excluding carboxylic acids is 2. The van der Waals surface area contributed by atoms with Gasteiger partial charge in [-0.15, -0.1) is 0 Å². The van der Waals surface area contributed by atoms with Crippen LogP contribution in [0.3, 0.4) is 0 Å². The summed E-state index contributed by atoms with van der Waals surface area (Å²) in [5.41, 5.74) is 0.864. The number of carbonyl (C=O) groups is 2. The van der Waals surface area contributed by atoms with Crippen LogP contribution >= 0.6 is 24.0 Å². The van der Waals surface area contributed by atoms with Crippen LogP contribution in [0.2, 0.25) is 0 Å². The third-order valence-corrected chi connectivity index (χ3v) is 4.96. The number of hydrogen-bond acceptors (Lipinski definition) is 6.